The van der Waals surface area contributed by atoms with Crippen molar-refractivity contribution in [3.63, 3.8) is 0 Å². The van der Waals surface area contributed by atoms with Crippen molar-refractivity contribution in [3.05, 3.63) is 35.4 Å². The van der Waals surface area contributed by atoms with E-state index in [0.717, 1.165) is 12.6 Å². The molecule has 2 atom stereocenters. The topological polar surface area (TPSA) is 58.3 Å². The van der Waals surface area contributed by atoms with E-state index in [-0.39, 0.29) is 6.42 Å². The molecular weight excluding hydrogens is 226 g/mol. The lowest BCUT2D eigenvalue weighted by molar-refractivity contribution is 0.142. The zero-order chi connectivity index (χ0) is 12.8. The van der Waals surface area contributed by atoms with Crippen LogP contribution in [0.4, 0.5) is 8.78 Å². The molecule has 0 amide bonds. The minimum absolute atomic E-state index is 0.237. The van der Waals surface area contributed by atoms with Crippen LogP contribution < -0.4 is 11.1 Å². The molecule has 1 rings (SSSR count). The van der Waals surface area contributed by atoms with Gasteiger partial charge in [-0.3, -0.25) is 0 Å². The molecule has 1 aromatic carbocycles. The average molecular weight is 244 g/mol. The lowest BCUT2D eigenvalue weighted by Crippen LogP contribution is -2.43. The van der Waals surface area contributed by atoms with Gasteiger partial charge in [0, 0.05) is 18.7 Å². The first-order valence-electron chi connectivity index (χ1n) is 5.62. The second-order valence-electron chi connectivity index (χ2n) is 4.02. The summed E-state index contributed by atoms with van der Waals surface area (Å²) < 4.78 is 25.9. The third-order valence-corrected chi connectivity index (χ3v) is 2.49. The quantitative estimate of drug-likeness (QED) is 0.694. The molecule has 0 unspecified atom stereocenters. The van der Waals surface area contributed by atoms with E-state index in [4.69, 9.17) is 5.73 Å². The molecule has 0 aromatic heterocycles. The highest BCUT2D eigenvalue weighted by Crippen LogP contribution is 2.10. The van der Waals surface area contributed by atoms with E-state index in [1.54, 1.807) is 0 Å². The van der Waals surface area contributed by atoms with E-state index in [1.807, 2.05) is 6.92 Å². The number of hydrogen-bond acceptors (Lipinski definition) is 3. The number of nitrogens with one attached hydrogen (secondary N) is 1. The zero-order valence-corrected chi connectivity index (χ0v) is 9.79. The van der Waals surface area contributed by atoms with Crippen LogP contribution in [0.1, 0.15) is 12.5 Å². The van der Waals surface area contributed by atoms with Gasteiger partial charge in [-0.25, -0.2) is 8.78 Å². The van der Waals surface area contributed by atoms with Crippen molar-refractivity contribution >= 4 is 0 Å². The standard InChI is InChI=1S/C12H18F2N2O/c1-2-16-7-12(17)11(15)5-8-3-9(13)6-10(14)4-8/h3-4,6,11-12,16-17H,2,5,7,15H2,1H3/t11-,12+/m0/s1. The average Bonchev–Trinajstić information content (AvgIpc) is 2.24. The number of hydrogen-bond donors (Lipinski definition) is 3. The van der Waals surface area contributed by atoms with Gasteiger partial charge in [0.2, 0.25) is 0 Å². The predicted octanol–water partition coefficient (Wildman–Crippen LogP) is 0.805. The van der Waals surface area contributed by atoms with Gasteiger partial charge in [0.25, 0.3) is 0 Å². The number of nitrogens with two attached hydrogens (primary N) is 1. The molecule has 0 saturated carbocycles. The second kappa shape index (κ2) is 6.64. The van der Waals surface area contributed by atoms with E-state index in [2.05, 4.69) is 5.32 Å². The summed E-state index contributed by atoms with van der Waals surface area (Å²) >= 11 is 0. The van der Waals surface area contributed by atoms with Crippen LogP contribution in [0.15, 0.2) is 18.2 Å². The number of aliphatic hydroxyl groups is 1. The van der Waals surface area contributed by atoms with Gasteiger partial charge < -0.3 is 16.2 Å². The highest BCUT2D eigenvalue weighted by atomic mass is 19.1. The zero-order valence-electron chi connectivity index (χ0n) is 9.79. The van der Waals surface area contributed by atoms with E-state index in [9.17, 15) is 13.9 Å². The minimum atomic E-state index is -0.735. The van der Waals surface area contributed by atoms with Crippen LogP contribution in [0.2, 0.25) is 0 Å². The van der Waals surface area contributed by atoms with Crippen LogP contribution in [-0.2, 0) is 6.42 Å². The molecule has 0 spiro atoms. The van der Waals surface area contributed by atoms with Crippen LogP contribution in [0.5, 0.6) is 0 Å². The first kappa shape index (κ1) is 14.0. The Bertz CT molecular complexity index is 340. The molecule has 0 aliphatic rings. The number of rotatable bonds is 6. The molecule has 3 nitrogen and oxygen atoms in total. The number of halogens is 2. The monoisotopic (exact) mass is 244 g/mol. The molecule has 17 heavy (non-hydrogen) atoms. The van der Waals surface area contributed by atoms with Crippen molar-refractivity contribution in [2.24, 2.45) is 5.73 Å². The Balaban J connectivity index is 2.57. The molecule has 4 N–H and O–H groups in total. The largest absolute Gasteiger partial charge is 0.390 e. The van der Waals surface area contributed by atoms with Gasteiger partial charge in [-0.2, -0.15) is 0 Å². The van der Waals surface area contributed by atoms with E-state index < -0.39 is 23.8 Å². The molecule has 0 fully saturated rings. The molecule has 0 bridgehead atoms. The van der Waals surface area contributed by atoms with Gasteiger partial charge in [0.1, 0.15) is 11.6 Å². The first-order valence-corrected chi connectivity index (χ1v) is 5.62. The van der Waals surface area contributed by atoms with Gasteiger partial charge in [0.05, 0.1) is 6.10 Å². The van der Waals surface area contributed by atoms with Crippen molar-refractivity contribution in [3.8, 4) is 0 Å². The van der Waals surface area contributed by atoms with Crippen LogP contribution in [0.25, 0.3) is 0 Å². The van der Waals surface area contributed by atoms with Gasteiger partial charge >= 0.3 is 0 Å². The molecule has 0 radical (unpaired) electrons. The Morgan fingerprint density at radius 3 is 2.41 bits per heavy atom. The molecule has 0 heterocycles. The van der Waals surface area contributed by atoms with Crippen LogP contribution in [-0.4, -0.2) is 30.3 Å². The molecule has 0 aliphatic carbocycles. The van der Waals surface area contributed by atoms with Crippen molar-refractivity contribution in [1.29, 1.82) is 0 Å². The first-order chi connectivity index (χ1) is 8.02. The maximum absolute atomic E-state index is 12.9. The van der Waals surface area contributed by atoms with E-state index in [0.29, 0.717) is 12.1 Å². The Morgan fingerprint density at radius 1 is 1.29 bits per heavy atom. The molecular formula is C12H18F2N2O. The second-order valence-corrected chi connectivity index (χ2v) is 4.02. The summed E-state index contributed by atoms with van der Waals surface area (Å²) in [5.74, 6) is -1.26. The van der Waals surface area contributed by atoms with Gasteiger partial charge in [-0.05, 0) is 30.7 Å². The fourth-order valence-corrected chi connectivity index (χ4v) is 1.58. The summed E-state index contributed by atoms with van der Waals surface area (Å²) in [6.07, 6.45) is -0.498. The number of aliphatic hydroxyl groups excluding tert-OH is 1. The lowest BCUT2D eigenvalue weighted by atomic mass is 10.0. The molecule has 96 valence electrons. The highest BCUT2D eigenvalue weighted by Gasteiger charge is 2.15. The van der Waals surface area contributed by atoms with Crippen molar-refractivity contribution in [1.82, 2.24) is 5.32 Å². The third kappa shape index (κ3) is 4.77. The van der Waals surface area contributed by atoms with Crippen molar-refractivity contribution in [2.45, 2.75) is 25.5 Å². The van der Waals surface area contributed by atoms with Crippen LogP contribution >= 0.6 is 0 Å². The summed E-state index contributed by atoms with van der Waals surface area (Å²) in [5, 5.41) is 12.6. The highest BCUT2D eigenvalue weighted by molar-refractivity contribution is 5.19. The van der Waals surface area contributed by atoms with Gasteiger partial charge in [0.15, 0.2) is 0 Å². The summed E-state index contributed by atoms with van der Waals surface area (Å²) in [6.45, 7) is 3.02. The summed E-state index contributed by atoms with van der Waals surface area (Å²) in [5.41, 5.74) is 6.20. The Labute approximate surface area is 99.6 Å². The predicted molar refractivity (Wildman–Crippen MR) is 62.6 cm³/mol. The van der Waals surface area contributed by atoms with Crippen LogP contribution in [0.3, 0.4) is 0 Å². The molecule has 0 saturated heterocycles. The third-order valence-electron chi connectivity index (χ3n) is 2.49. The normalized spacial score (nSPS) is 14.6. The Morgan fingerprint density at radius 2 is 1.88 bits per heavy atom. The summed E-state index contributed by atoms with van der Waals surface area (Å²) in [6, 6.07) is 2.71. The lowest BCUT2D eigenvalue weighted by Gasteiger charge is -2.19. The molecule has 0 aliphatic heterocycles. The van der Waals surface area contributed by atoms with E-state index >= 15 is 0 Å². The number of benzene rings is 1. The van der Waals surface area contributed by atoms with E-state index in [1.165, 1.54) is 12.1 Å². The minimum Gasteiger partial charge on any atom is -0.390 e. The smallest absolute Gasteiger partial charge is 0.126 e. The molecule has 5 heteroatoms. The fraction of sp³-hybridized carbons (Fsp3) is 0.500. The SMILES string of the molecule is CCNC[C@@H](O)[C@@H](N)Cc1cc(F)cc(F)c1. The van der Waals surface area contributed by atoms with Crippen LogP contribution in [0, 0.1) is 11.6 Å². The number of likely N-dealkylation sites (N-methyl/N-ethyl adjacent to an activating group) is 1. The van der Waals surface area contributed by atoms with Crippen molar-refractivity contribution in [2.75, 3.05) is 13.1 Å². The fourth-order valence-electron chi connectivity index (χ4n) is 1.58. The van der Waals surface area contributed by atoms with Crippen molar-refractivity contribution < 1.29 is 13.9 Å². The Hall–Kier alpha value is -1.04. The Kier molecular flexibility index (Phi) is 5.47. The molecule has 1 aromatic rings. The maximum Gasteiger partial charge on any atom is 0.126 e. The van der Waals surface area contributed by atoms with Gasteiger partial charge in [-0.15, -0.1) is 0 Å². The summed E-state index contributed by atoms with van der Waals surface area (Å²) in [7, 11) is 0. The summed E-state index contributed by atoms with van der Waals surface area (Å²) in [4.78, 5) is 0. The van der Waals surface area contributed by atoms with Gasteiger partial charge in [-0.1, -0.05) is 6.92 Å². The maximum atomic E-state index is 12.9.